The van der Waals surface area contributed by atoms with Crippen LogP contribution in [0.25, 0.3) is 0 Å². The summed E-state index contributed by atoms with van der Waals surface area (Å²) in [5.74, 6) is 0.499. The summed E-state index contributed by atoms with van der Waals surface area (Å²) in [7, 11) is 0. The summed E-state index contributed by atoms with van der Waals surface area (Å²) in [6, 6.07) is 4.57. The van der Waals surface area contributed by atoms with E-state index in [9.17, 15) is 22.8 Å². The van der Waals surface area contributed by atoms with Gasteiger partial charge in [0.05, 0.1) is 5.56 Å². The van der Waals surface area contributed by atoms with Gasteiger partial charge in [-0.1, -0.05) is 6.07 Å². The Bertz CT molecular complexity index is 990. The topological polar surface area (TPSA) is 63.4 Å². The van der Waals surface area contributed by atoms with Crippen LogP contribution in [0.2, 0.25) is 0 Å². The monoisotopic (exact) mass is 437 g/mol. The molecule has 1 aromatic heterocycles. The number of rotatable bonds is 5. The molecule has 168 valence electrons. The molecule has 3 heterocycles. The zero-order valence-electron chi connectivity index (χ0n) is 17.3. The Kier molecular flexibility index (Phi) is 6.17. The van der Waals surface area contributed by atoms with Crippen LogP contribution in [0.1, 0.15) is 41.0 Å². The molecule has 0 spiro atoms. The summed E-state index contributed by atoms with van der Waals surface area (Å²) in [5, 5.41) is 4.44. The third-order valence-corrected chi connectivity index (χ3v) is 5.97. The second-order valence-corrected chi connectivity index (χ2v) is 8.10. The number of carbonyl (C=O) groups excluding carboxylic acids is 1. The Labute approximate surface area is 178 Å². The molecule has 1 fully saturated rings. The van der Waals surface area contributed by atoms with Crippen molar-refractivity contribution in [3.05, 3.63) is 51.7 Å². The first-order chi connectivity index (χ1) is 14.8. The van der Waals surface area contributed by atoms with Crippen LogP contribution in [0.3, 0.4) is 0 Å². The van der Waals surface area contributed by atoms with Crippen LogP contribution < -0.4 is 5.69 Å². The number of carbonyl (C=O) groups is 1. The quantitative estimate of drug-likeness (QED) is 0.720. The van der Waals surface area contributed by atoms with Crippen molar-refractivity contribution in [2.24, 2.45) is 0 Å². The van der Waals surface area contributed by atoms with Gasteiger partial charge in [-0.05, 0) is 37.5 Å². The van der Waals surface area contributed by atoms with Crippen LogP contribution in [-0.4, -0.2) is 62.8 Å². The lowest BCUT2D eigenvalue weighted by Gasteiger charge is -2.34. The number of nitrogens with zero attached hydrogens (tertiary/aromatic N) is 5. The van der Waals surface area contributed by atoms with Crippen molar-refractivity contribution >= 4 is 5.91 Å². The fourth-order valence-corrected chi connectivity index (χ4v) is 4.22. The van der Waals surface area contributed by atoms with Crippen LogP contribution >= 0.6 is 0 Å². The van der Waals surface area contributed by atoms with Crippen LogP contribution in [0.5, 0.6) is 0 Å². The van der Waals surface area contributed by atoms with E-state index in [4.69, 9.17) is 0 Å². The first-order valence-corrected chi connectivity index (χ1v) is 10.7. The minimum Gasteiger partial charge on any atom is -0.336 e. The molecule has 2 aromatic rings. The lowest BCUT2D eigenvalue weighted by Crippen LogP contribution is -2.49. The number of hydrogen-bond acceptors (Lipinski definition) is 4. The van der Waals surface area contributed by atoms with Crippen molar-refractivity contribution in [2.75, 3.05) is 32.7 Å². The van der Waals surface area contributed by atoms with Crippen molar-refractivity contribution in [1.82, 2.24) is 24.1 Å². The maximum Gasteiger partial charge on any atom is 0.416 e. The van der Waals surface area contributed by atoms with Crippen LogP contribution in [0, 0.1) is 0 Å². The number of hydrogen-bond donors (Lipinski definition) is 0. The molecule has 4 rings (SSSR count). The lowest BCUT2D eigenvalue weighted by molar-refractivity contribution is -0.137. The Morgan fingerprint density at radius 1 is 1.03 bits per heavy atom. The molecule has 0 saturated carbocycles. The predicted molar refractivity (Wildman–Crippen MR) is 108 cm³/mol. The van der Waals surface area contributed by atoms with E-state index >= 15 is 0 Å². The van der Waals surface area contributed by atoms with Crippen molar-refractivity contribution in [3.8, 4) is 0 Å². The number of halogens is 3. The molecule has 0 radical (unpaired) electrons. The molecule has 1 aromatic carbocycles. The molecule has 31 heavy (non-hydrogen) atoms. The van der Waals surface area contributed by atoms with E-state index in [0.717, 1.165) is 56.7 Å². The molecule has 7 nitrogen and oxygen atoms in total. The second kappa shape index (κ2) is 8.86. The normalized spacial score (nSPS) is 17.6. The largest absolute Gasteiger partial charge is 0.416 e. The molecule has 2 aliphatic rings. The highest BCUT2D eigenvalue weighted by Crippen LogP contribution is 2.29. The molecule has 1 amide bonds. The Hall–Kier alpha value is -2.62. The van der Waals surface area contributed by atoms with E-state index in [1.165, 1.54) is 12.1 Å². The van der Waals surface area contributed by atoms with Gasteiger partial charge in [0.2, 0.25) is 0 Å². The molecule has 0 atom stereocenters. The van der Waals surface area contributed by atoms with Gasteiger partial charge in [-0.3, -0.25) is 14.3 Å². The molecule has 0 aliphatic carbocycles. The minimum atomic E-state index is -4.47. The van der Waals surface area contributed by atoms with Gasteiger partial charge in [-0.2, -0.15) is 18.3 Å². The van der Waals surface area contributed by atoms with E-state index < -0.39 is 11.7 Å². The van der Waals surface area contributed by atoms with Gasteiger partial charge in [-0.25, -0.2) is 9.48 Å². The summed E-state index contributed by atoms with van der Waals surface area (Å²) < 4.78 is 42.0. The summed E-state index contributed by atoms with van der Waals surface area (Å²) in [5.41, 5.74) is -0.786. The SMILES string of the molecule is O=C(c1cccc(C(F)(F)F)c1)N1CCN(CCCn2nc3n(c2=O)CCCC3)CC1. The fraction of sp³-hybridized carbons (Fsp3) is 0.571. The molecule has 0 bridgehead atoms. The maximum atomic E-state index is 12.9. The number of amides is 1. The van der Waals surface area contributed by atoms with Gasteiger partial charge in [0.15, 0.2) is 0 Å². The Morgan fingerprint density at radius 3 is 2.52 bits per heavy atom. The van der Waals surface area contributed by atoms with Crippen LogP contribution in [0.15, 0.2) is 29.1 Å². The molecule has 2 aliphatic heterocycles. The summed E-state index contributed by atoms with van der Waals surface area (Å²) in [6.07, 6.45) is -0.755. The average molecular weight is 437 g/mol. The summed E-state index contributed by atoms with van der Waals surface area (Å²) in [6.45, 7) is 4.32. The smallest absolute Gasteiger partial charge is 0.336 e. The number of piperazine rings is 1. The van der Waals surface area contributed by atoms with E-state index in [1.54, 1.807) is 14.1 Å². The van der Waals surface area contributed by atoms with Gasteiger partial charge in [0.1, 0.15) is 5.82 Å². The number of benzene rings is 1. The van der Waals surface area contributed by atoms with Crippen molar-refractivity contribution < 1.29 is 18.0 Å². The van der Waals surface area contributed by atoms with E-state index in [-0.39, 0.29) is 17.2 Å². The second-order valence-electron chi connectivity index (χ2n) is 8.10. The molecule has 10 heteroatoms. The maximum absolute atomic E-state index is 12.9. The number of aryl methyl sites for hydroxylation is 2. The highest BCUT2D eigenvalue weighted by atomic mass is 19.4. The summed E-state index contributed by atoms with van der Waals surface area (Å²) >= 11 is 0. The van der Waals surface area contributed by atoms with Crippen LogP contribution in [-0.2, 0) is 25.7 Å². The van der Waals surface area contributed by atoms with Crippen molar-refractivity contribution in [2.45, 2.75) is 44.9 Å². The third-order valence-electron chi connectivity index (χ3n) is 5.97. The number of aromatic nitrogens is 3. The first-order valence-electron chi connectivity index (χ1n) is 10.7. The van der Waals surface area contributed by atoms with Crippen molar-refractivity contribution in [1.29, 1.82) is 0 Å². The minimum absolute atomic E-state index is 0.0359. The van der Waals surface area contributed by atoms with Gasteiger partial charge >= 0.3 is 11.9 Å². The zero-order chi connectivity index (χ0) is 22.0. The third kappa shape index (κ3) is 4.84. The van der Waals surface area contributed by atoms with Gasteiger partial charge in [-0.15, -0.1) is 0 Å². The molecular formula is C21H26F3N5O2. The Balaban J connectivity index is 1.26. The number of fused-ring (bicyclic) bond motifs is 1. The van der Waals surface area contributed by atoms with E-state index in [0.29, 0.717) is 32.7 Å². The van der Waals surface area contributed by atoms with E-state index in [1.807, 2.05) is 0 Å². The standard InChI is InChI=1S/C21H26F3N5O2/c22-21(23,24)17-6-3-5-16(15-17)19(30)27-13-11-26(12-14-27)8-4-10-29-20(31)28-9-2-1-7-18(28)25-29/h3,5-6,15H,1-2,4,7-14H2. The number of alkyl halides is 3. The molecule has 0 N–H and O–H groups in total. The lowest BCUT2D eigenvalue weighted by atomic mass is 10.1. The highest BCUT2D eigenvalue weighted by molar-refractivity contribution is 5.94. The predicted octanol–water partition coefficient (Wildman–Crippen LogP) is 2.25. The highest BCUT2D eigenvalue weighted by Gasteiger charge is 2.31. The van der Waals surface area contributed by atoms with Crippen molar-refractivity contribution in [3.63, 3.8) is 0 Å². The van der Waals surface area contributed by atoms with Gasteiger partial charge < -0.3 is 4.90 Å². The zero-order valence-corrected chi connectivity index (χ0v) is 17.3. The Morgan fingerprint density at radius 2 is 1.81 bits per heavy atom. The molecule has 0 unspecified atom stereocenters. The molecular weight excluding hydrogens is 411 g/mol. The first kappa shape index (κ1) is 21.6. The van der Waals surface area contributed by atoms with Gasteiger partial charge in [0, 0.05) is 57.8 Å². The fourth-order valence-electron chi connectivity index (χ4n) is 4.22. The van der Waals surface area contributed by atoms with Gasteiger partial charge in [0.25, 0.3) is 5.91 Å². The van der Waals surface area contributed by atoms with E-state index in [2.05, 4.69) is 10.00 Å². The molecule has 1 saturated heterocycles. The van der Waals surface area contributed by atoms with Crippen LogP contribution in [0.4, 0.5) is 13.2 Å². The summed E-state index contributed by atoms with van der Waals surface area (Å²) in [4.78, 5) is 28.8. The average Bonchev–Trinajstić information content (AvgIpc) is 3.09.